The van der Waals surface area contributed by atoms with Crippen LogP contribution in [-0.2, 0) is 9.53 Å². The largest absolute Gasteiger partial charge is 0.462 e. The average molecular weight is 266 g/mol. The summed E-state index contributed by atoms with van der Waals surface area (Å²) in [5, 5.41) is 0. The fourth-order valence-corrected chi connectivity index (χ4v) is 3.95. The minimum absolute atomic E-state index is 0.0437. The molecular weight excluding hydrogens is 236 g/mol. The fourth-order valence-electron chi connectivity index (χ4n) is 3.95. The van der Waals surface area contributed by atoms with Crippen molar-refractivity contribution in [1.82, 2.24) is 0 Å². The Balaban J connectivity index is 1.77. The third-order valence-corrected chi connectivity index (χ3v) is 5.42. The molecule has 2 heteroatoms. The van der Waals surface area contributed by atoms with Crippen LogP contribution in [0.5, 0.6) is 0 Å². The van der Waals surface area contributed by atoms with Crippen LogP contribution in [0.1, 0.15) is 78.6 Å². The summed E-state index contributed by atoms with van der Waals surface area (Å²) in [7, 11) is 0. The molecule has 110 valence electrons. The van der Waals surface area contributed by atoms with Crippen LogP contribution in [0, 0.1) is 17.3 Å². The monoisotopic (exact) mass is 266 g/mol. The van der Waals surface area contributed by atoms with Crippen LogP contribution in [0.4, 0.5) is 0 Å². The molecule has 1 aliphatic carbocycles. The summed E-state index contributed by atoms with van der Waals surface area (Å²) in [6.45, 7) is 6.71. The van der Waals surface area contributed by atoms with Crippen molar-refractivity contribution in [1.29, 1.82) is 0 Å². The zero-order chi connectivity index (χ0) is 13.9. The first-order valence-electron chi connectivity index (χ1n) is 8.26. The highest BCUT2D eigenvalue weighted by atomic mass is 16.6. The number of esters is 1. The number of fused-ring (bicyclic) bond motifs is 1. The quantitative estimate of drug-likeness (QED) is 0.514. The van der Waals surface area contributed by atoms with E-state index in [9.17, 15) is 4.79 Å². The topological polar surface area (TPSA) is 26.3 Å². The van der Waals surface area contributed by atoms with Gasteiger partial charge in [0.25, 0.3) is 0 Å². The summed E-state index contributed by atoms with van der Waals surface area (Å²) in [6.07, 6.45) is 11.9. The van der Waals surface area contributed by atoms with Gasteiger partial charge < -0.3 is 4.74 Å². The van der Waals surface area contributed by atoms with Gasteiger partial charge in [-0.25, -0.2) is 0 Å². The molecule has 2 aliphatic rings. The molecule has 1 saturated carbocycles. The van der Waals surface area contributed by atoms with E-state index in [-0.39, 0.29) is 18.0 Å². The highest BCUT2D eigenvalue weighted by Gasteiger charge is 2.48. The van der Waals surface area contributed by atoms with E-state index >= 15 is 0 Å². The maximum absolute atomic E-state index is 11.7. The molecule has 0 spiro atoms. The smallest absolute Gasteiger partial charge is 0.309 e. The van der Waals surface area contributed by atoms with Gasteiger partial charge in [-0.05, 0) is 31.1 Å². The number of unbranched alkanes of at least 4 members (excludes halogenated alkanes) is 4. The van der Waals surface area contributed by atoms with Crippen molar-refractivity contribution in [2.75, 3.05) is 0 Å². The third kappa shape index (κ3) is 3.52. The Morgan fingerprint density at radius 1 is 1.26 bits per heavy atom. The summed E-state index contributed by atoms with van der Waals surface area (Å²) < 4.78 is 5.58. The second-order valence-electron chi connectivity index (χ2n) is 7.15. The first-order valence-corrected chi connectivity index (χ1v) is 8.26. The average Bonchev–Trinajstić information content (AvgIpc) is 2.64. The first-order chi connectivity index (χ1) is 9.06. The SMILES string of the molecule is CCCCCCCC1(C)CC[C@@H]2C(C1)OC(=O)C2C. The molecule has 0 aromatic heterocycles. The van der Waals surface area contributed by atoms with E-state index in [0.717, 1.165) is 6.42 Å². The van der Waals surface area contributed by atoms with Gasteiger partial charge in [0.15, 0.2) is 0 Å². The number of hydrogen-bond acceptors (Lipinski definition) is 2. The Bertz CT molecular complexity index is 312. The van der Waals surface area contributed by atoms with Gasteiger partial charge in [0.2, 0.25) is 0 Å². The Kier molecular flexibility index (Phi) is 4.92. The first kappa shape index (κ1) is 14.9. The van der Waals surface area contributed by atoms with Crippen LogP contribution < -0.4 is 0 Å². The molecule has 4 atom stereocenters. The fraction of sp³-hybridized carbons (Fsp3) is 0.941. The van der Waals surface area contributed by atoms with Gasteiger partial charge in [-0.3, -0.25) is 4.79 Å². The van der Waals surface area contributed by atoms with Gasteiger partial charge >= 0.3 is 5.97 Å². The van der Waals surface area contributed by atoms with Gasteiger partial charge in [-0.1, -0.05) is 52.9 Å². The van der Waals surface area contributed by atoms with E-state index in [1.807, 2.05) is 6.92 Å². The Morgan fingerprint density at radius 2 is 2.00 bits per heavy atom. The maximum Gasteiger partial charge on any atom is 0.309 e. The van der Waals surface area contributed by atoms with E-state index in [1.165, 1.54) is 51.4 Å². The summed E-state index contributed by atoms with van der Waals surface area (Å²) in [5.41, 5.74) is 0.414. The number of hydrogen-bond donors (Lipinski definition) is 0. The molecule has 1 heterocycles. The molecule has 0 aromatic carbocycles. The standard InChI is InChI=1S/C17H30O2/c1-4-5-6-7-8-10-17(3)11-9-14-13(2)16(18)19-15(14)12-17/h13-15H,4-12H2,1-3H3/t13?,14-,15?,17?/m0/s1. The second-order valence-corrected chi connectivity index (χ2v) is 7.15. The number of carbonyl (C=O) groups is 1. The highest BCUT2D eigenvalue weighted by molar-refractivity contribution is 5.74. The molecule has 2 fully saturated rings. The van der Waals surface area contributed by atoms with Gasteiger partial charge in [0.1, 0.15) is 6.10 Å². The molecular formula is C17H30O2. The number of carbonyl (C=O) groups excluding carboxylic acids is 1. The van der Waals surface area contributed by atoms with E-state index in [0.29, 0.717) is 11.3 Å². The van der Waals surface area contributed by atoms with E-state index < -0.39 is 0 Å². The summed E-state index contributed by atoms with van der Waals surface area (Å²) in [5.74, 6) is 0.682. The van der Waals surface area contributed by atoms with Crippen LogP contribution >= 0.6 is 0 Å². The minimum Gasteiger partial charge on any atom is -0.462 e. The van der Waals surface area contributed by atoms with Gasteiger partial charge in [0.05, 0.1) is 5.92 Å². The zero-order valence-corrected chi connectivity index (χ0v) is 12.9. The molecule has 2 rings (SSSR count). The Morgan fingerprint density at radius 3 is 2.74 bits per heavy atom. The molecule has 0 N–H and O–H groups in total. The summed E-state index contributed by atoms with van der Waals surface area (Å²) >= 11 is 0. The zero-order valence-electron chi connectivity index (χ0n) is 12.9. The molecule has 1 saturated heterocycles. The van der Waals surface area contributed by atoms with Gasteiger partial charge in [-0.15, -0.1) is 0 Å². The molecule has 0 amide bonds. The van der Waals surface area contributed by atoms with E-state index in [4.69, 9.17) is 4.74 Å². The molecule has 0 aromatic rings. The van der Waals surface area contributed by atoms with Crippen molar-refractivity contribution in [2.45, 2.75) is 84.7 Å². The van der Waals surface area contributed by atoms with Crippen LogP contribution in [0.25, 0.3) is 0 Å². The molecule has 0 bridgehead atoms. The van der Waals surface area contributed by atoms with Gasteiger partial charge in [-0.2, -0.15) is 0 Å². The van der Waals surface area contributed by atoms with Crippen LogP contribution in [0.3, 0.4) is 0 Å². The summed E-state index contributed by atoms with van der Waals surface area (Å²) in [6, 6.07) is 0. The Hall–Kier alpha value is -0.530. The van der Waals surface area contributed by atoms with Crippen molar-refractivity contribution < 1.29 is 9.53 Å². The van der Waals surface area contributed by atoms with Crippen LogP contribution in [0.2, 0.25) is 0 Å². The van der Waals surface area contributed by atoms with Crippen LogP contribution in [-0.4, -0.2) is 12.1 Å². The van der Waals surface area contributed by atoms with E-state index in [1.54, 1.807) is 0 Å². The lowest BCUT2D eigenvalue weighted by Gasteiger charge is -2.39. The van der Waals surface area contributed by atoms with Crippen molar-refractivity contribution in [2.24, 2.45) is 17.3 Å². The predicted octanol–water partition coefficient (Wildman–Crippen LogP) is 4.71. The van der Waals surface area contributed by atoms with Crippen LogP contribution in [0.15, 0.2) is 0 Å². The maximum atomic E-state index is 11.7. The molecule has 19 heavy (non-hydrogen) atoms. The molecule has 1 aliphatic heterocycles. The predicted molar refractivity (Wildman–Crippen MR) is 77.9 cm³/mol. The van der Waals surface area contributed by atoms with Crippen molar-refractivity contribution in [3.05, 3.63) is 0 Å². The summed E-state index contributed by atoms with van der Waals surface area (Å²) in [4.78, 5) is 11.7. The lowest BCUT2D eigenvalue weighted by atomic mass is 9.66. The minimum atomic E-state index is 0.0437. The normalized spacial score (nSPS) is 38.1. The van der Waals surface area contributed by atoms with Gasteiger partial charge in [0, 0.05) is 5.92 Å². The highest BCUT2D eigenvalue weighted by Crippen LogP contribution is 2.48. The second kappa shape index (κ2) is 6.28. The molecule has 2 nitrogen and oxygen atoms in total. The third-order valence-electron chi connectivity index (χ3n) is 5.42. The van der Waals surface area contributed by atoms with Crippen molar-refractivity contribution in [3.8, 4) is 0 Å². The molecule has 0 radical (unpaired) electrons. The Labute approximate surface area is 118 Å². The molecule has 3 unspecified atom stereocenters. The number of ether oxygens (including phenoxy) is 1. The van der Waals surface area contributed by atoms with Crippen molar-refractivity contribution in [3.63, 3.8) is 0 Å². The van der Waals surface area contributed by atoms with E-state index in [2.05, 4.69) is 13.8 Å². The lowest BCUT2D eigenvalue weighted by Crippen LogP contribution is -2.34. The lowest BCUT2D eigenvalue weighted by molar-refractivity contribution is -0.145. The number of rotatable bonds is 6. The van der Waals surface area contributed by atoms with Crippen molar-refractivity contribution >= 4 is 5.97 Å².